The standard InChI is InChI=1S/C17H17ClN2O4S/c18-13-3-1-11(2-4-13)9-14-16(22)20(17(23)25-14)7-6-19-15(21)12-5-8-24-10-12/h1-4,9,12H,5-8,10H2,(H,19,21)/b14-9+. The fraction of sp³-hybridized carbons (Fsp3) is 0.353. The van der Waals surface area contributed by atoms with Gasteiger partial charge in [0.1, 0.15) is 0 Å². The van der Waals surface area contributed by atoms with Crippen LogP contribution in [-0.4, -0.2) is 48.3 Å². The lowest BCUT2D eigenvalue weighted by atomic mass is 10.1. The highest BCUT2D eigenvalue weighted by Crippen LogP contribution is 2.32. The molecule has 3 amide bonds. The molecule has 0 bridgehead atoms. The van der Waals surface area contributed by atoms with E-state index in [0.29, 0.717) is 29.6 Å². The lowest BCUT2D eigenvalue weighted by molar-refractivity contribution is -0.126. The van der Waals surface area contributed by atoms with Gasteiger partial charge < -0.3 is 10.1 Å². The van der Waals surface area contributed by atoms with Crippen molar-refractivity contribution in [3.8, 4) is 0 Å². The van der Waals surface area contributed by atoms with Crippen LogP contribution in [0.15, 0.2) is 29.2 Å². The fourth-order valence-electron chi connectivity index (χ4n) is 2.58. The number of hydrogen-bond donors (Lipinski definition) is 1. The van der Waals surface area contributed by atoms with Gasteiger partial charge in [0, 0.05) is 24.7 Å². The summed E-state index contributed by atoms with van der Waals surface area (Å²) < 4.78 is 5.17. The Kier molecular flexibility index (Phi) is 5.78. The molecule has 1 aromatic rings. The number of imide groups is 1. The predicted octanol–water partition coefficient (Wildman–Crippen LogP) is 2.53. The van der Waals surface area contributed by atoms with Crippen molar-refractivity contribution in [3.05, 3.63) is 39.8 Å². The van der Waals surface area contributed by atoms with E-state index in [1.807, 2.05) is 0 Å². The Morgan fingerprint density at radius 3 is 2.80 bits per heavy atom. The van der Waals surface area contributed by atoms with Gasteiger partial charge in [-0.15, -0.1) is 0 Å². The second kappa shape index (κ2) is 8.03. The van der Waals surface area contributed by atoms with Crippen molar-refractivity contribution in [1.82, 2.24) is 10.2 Å². The first-order valence-electron chi connectivity index (χ1n) is 7.91. The largest absolute Gasteiger partial charge is 0.381 e. The summed E-state index contributed by atoms with van der Waals surface area (Å²) in [7, 11) is 0. The van der Waals surface area contributed by atoms with Crippen LogP contribution >= 0.6 is 23.4 Å². The van der Waals surface area contributed by atoms with E-state index in [4.69, 9.17) is 16.3 Å². The number of hydrogen-bond acceptors (Lipinski definition) is 5. The van der Waals surface area contributed by atoms with E-state index in [9.17, 15) is 14.4 Å². The van der Waals surface area contributed by atoms with Crippen LogP contribution in [0.2, 0.25) is 5.02 Å². The summed E-state index contributed by atoms with van der Waals surface area (Å²) in [6, 6.07) is 7.00. The maximum absolute atomic E-state index is 12.4. The molecule has 0 radical (unpaired) electrons. The van der Waals surface area contributed by atoms with Gasteiger partial charge in [-0.05, 0) is 42.0 Å². The van der Waals surface area contributed by atoms with Crippen LogP contribution in [-0.2, 0) is 14.3 Å². The van der Waals surface area contributed by atoms with E-state index < -0.39 is 0 Å². The molecule has 2 aliphatic heterocycles. The Morgan fingerprint density at radius 1 is 1.36 bits per heavy atom. The number of carbonyl (C=O) groups excluding carboxylic acids is 3. The first kappa shape index (κ1) is 18.0. The Bertz CT molecular complexity index is 714. The number of rotatable bonds is 5. The molecule has 1 unspecified atom stereocenters. The highest BCUT2D eigenvalue weighted by Gasteiger charge is 2.34. The maximum Gasteiger partial charge on any atom is 0.293 e. The Balaban J connectivity index is 1.55. The van der Waals surface area contributed by atoms with E-state index in [1.54, 1.807) is 30.3 Å². The minimum absolute atomic E-state index is 0.0961. The Morgan fingerprint density at radius 2 is 2.12 bits per heavy atom. The van der Waals surface area contributed by atoms with E-state index in [2.05, 4.69) is 5.32 Å². The highest BCUT2D eigenvalue weighted by atomic mass is 35.5. The summed E-state index contributed by atoms with van der Waals surface area (Å²) in [5.41, 5.74) is 0.796. The third-order valence-electron chi connectivity index (χ3n) is 3.98. The summed E-state index contributed by atoms with van der Waals surface area (Å²) in [6.45, 7) is 1.41. The van der Waals surface area contributed by atoms with Gasteiger partial charge in [0.15, 0.2) is 0 Å². The molecule has 2 saturated heterocycles. The molecular formula is C17H17ClN2O4S. The highest BCUT2D eigenvalue weighted by molar-refractivity contribution is 8.18. The summed E-state index contributed by atoms with van der Waals surface area (Å²) in [4.78, 5) is 37.8. The molecule has 132 valence electrons. The Labute approximate surface area is 154 Å². The summed E-state index contributed by atoms with van der Waals surface area (Å²) >= 11 is 6.73. The topological polar surface area (TPSA) is 75.7 Å². The maximum atomic E-state index is 12.4. The van der Waals surface area contributed by atoms with Crippen LogP contribution in [0.1, 0.15) is 12.0 Å². The van der Waals surface area contributed by atoms with Crippen LogP contribution in [0, 0.1) is 5.92 Å². The molecule has 2 heterocycles. The molecular weight excluding hydrogens is 364 g/mol. The minimum Gasteiger partial charge on any atom is -0.381 e. The molecule has 6 nitrogen and oxygen atoms in total. The van der Waals surface area contributed by atoms with Gasteiger partial charge in [0.2, 0.25) is 5.91 Å². The molecule has 0 spiro atoms. The summed E-state index contributed by atoms with van der Waals surface area (Å²) in [5.74, 6) is -0.579. The SMILES string of the molecule is O=C(NCCN1C(=O)S/C(=C/c2ccc(Cl)cc2)C1=O)C1CCOC1. The molecule has 2 aliphatic rings. The van der Waals surface area contributed by atoms with E-state index in [0.717, 1.165) is 22.2 Å². The molecule has 1 atom stereocenters. The number of nitrogens with one attached hydrogen (secondary N) is 1. The second-order valence-electron chi connectivity index (χ2n) is 5.74. The number of nitrogens with zero attached hydrogens (tertiary/aromatic N) is 1. The van der Waals surface area contributed by atoms with Crippen LogP contribution in [0.4, 0.5) is 4.79 Å². The van der Waals surface area contributed by atoms with Gasteiger partial charge in [-0.3, -0.25) is 19.3 Å². The number of thioether (sulfide) groups is 1. The zero-order chi connectivity index (χ0) is 17.8. The molecule has 8 heteroatoms. The van der Waals surface area contributed by atoms with Crippen molar-refractivity contribution in [2.45, 2.75) is 6.42 Å². The molecule has 1 aromatic carbocycles. The van der Waals surface area contributed by atoms with Crippen molar-refractivity contribution in [2.75, 3.05) is 26.3 Å². The molecule has 0 saturated carbocycles. The summed E-state index contributed by atoms with van der Waals surface area (Å²) in [6.07, 6.45) is 2.37. The zero-order valence-corrected chi connectivity index (χ0v) is 14.9. The summed E-state index contributed by atoms with van der Waals surface area (Å²) in [5, 5.41) is 3.03. The smallest absolute Gasteiger partial charge is 0.293 e. The van der Waals surface area contributed by atoms with E-state index in [-0.39, 0.29) is 36.1 Å². The molecule has 3 rings (SSSR count). The van der Waals surface area contributed by atoms with Gasteiger partial charge in [0.05, 0.1) is 17.4 Å². The van der Waals surface area contributed by atoms with Crippen molar-refractivity contribution < 1.29 is 19.1 Å². The molecule has 0 aromatic heterocycles. The van der Waals surface area contributed by atoms with E-state index >= 15 is 0 Å². The van der Waals surface area contributed by atoms with Gasteiger partial charge in [-0.1, -0.05) is 23.7 Å². The normalized spacial score (nSPS) is 22.0. The van der Waals surface area contributed by atoms with E-state index in [1.165, 1.54) is 0 Å². The van der Waals surface area contributed by atoms with Crippen molar-refractivity contribution >= 4 is 46.5 Å². The van der Waals surface area contributed by atoms with Crippen LogP contribution in [0.25, 0.3) is 6.08 Å². The quantitative estimate of drug-likeness (QED) is 0.794. The first-order valence-corrected chi connectivity index (χ1v) is 9.10. The Hall–Kier alpha value is -1.83. The van der Waals surface area contributed by atoms with Gasteiger partial charge in [-0.25, -0.2) is 0 Å². The fourth-order valence-corrected chi connectivity index (χ4v) is 3.57. The lowest BCUT2D eigenvalue weighted by Crippen LogP contribution is -2.39. The molecule has 2 fully saturated rings. The number of halogens is 1. The first-order chi connectivity index (χ1) is 12.0. The molecule has 1 N–H and O–H groups in total. The number of carbonyl (C=O) groups is 3. The minimum atomic E-state index is -0.344. The van der Waals surface area contributed by atoms with Gasteiger partial charge in [-0.2, -0.15) is 0 Å². The second-order valence-corrected chi connectivity index (χ2v) is 7.17. The average molecular weight is 381 g/mol. The predicted molar refractivity (Wildman–Crippen MR) is 96.1 cm³/mol. The van der Waals surface area contributed by atoms with Gasteiger partial charge >= 0.3 is 0 Å². The van der Waals surface area contributed by atoms with Crippen LogP contribution in [0.5, 0.6) is 0 Å². The zero-order valence-electron chi connectivity index (χ0n) is 13.4. The van der Waals surface area contributed by atoms with Crippen molar-refractivity contribution in [2.24, 2.45) is 5.92 Å². The number of benzene rings is 1. The third-order valence-corrected chi connectivity index (χ3v) is 5.14. The lowest BCUT2D eigenvalue weighted by Gasteiger charge is -2.14. The monoisotopic (exact) mass is 380 g/mol. The van der Waals surface area contributed by atoms with Crippen molar-refractivity contribution in [3.63, 3.8) is 0 Å². The number of amides is 3. The average Bonchev–Trinajstić information content (AvgIpc) is 3.21. The number of ether oxygens (including phenoxy) is 1. The molecule has 0 aliphatic carbocycles. The van der Waals surface area contributed by atoms with Crippen LogP contribution < -0.4 is 5.32 Å². The van der Waals surface area contributed by atoms with Gasteiger partial charge in [0.25, 0.3) is 11.1 Å². The van der Waals surface area contributed by atoms with Crippen molar-refractivity contribution in [1.29, 1.82) is 0 Å². The van der Waals surface area contributed by atoms with Crippen LogP contribution in [0.3, 0.4) is 0 Å². The molecule has 25 heavy (non-hydrogen) atoms. The third kappa shape index (κ3) is 4.42.